The fourth-order valence-corrected chi connectivity index (χ4v) is 0.817. The molecule has 1 rings (SSSR count). The van der Waals surface area contributed by atoms with E-state index in [2.05, 4.69) is 0 Å². The lowest BCUT2D eigenvalue weighted by Crippen LogP contribution is -2.34. The highest BCUT2D eigenvalue weighted by Gasteiger charge is 2.14. The van der Waals surface area contributed by atoms with Crippen LogP contribution in [0.2, 0.25) is 0 Å². The van der Waals surface area contributed by atoms with Crippen molar-refractivity contribution in [2.45, 2.75) is 19.9 Å². The molecule has 88 valence electrons. The summed E-state index contributed by atoms with van der Waals surface area (Å²) < 4.78 is 0. The lowest BCUT2D eigenvalue weighted by Gasteiger charge is -2.07. The van der Waals surface area contributed by atoms with Gasteiger partial charge < -0.3 is 10.8 Å². The lowest BCUT2D eigenvalue weighted by molar-refractivity contribution is -0.139. The van der Waals surface area contributed by atoms with Gasteiger partial charge in [0, 0.05) is 5.56 Å². The van der Waals surface area contributed by atoms with E-state index in [1.54, 1.807) is 26.0 Å². The van der Waals surface area contributed by atoms with E-state index < -0.39 is 12.0 Å². The molecule has 16 heavy (non-hydrogen) atoms. The minimum atomic E-state index is -0.931. The summed E-state index contributed by atoms with van der Waals surface area (Å²) in [6, 6.07) is 8.38. The monoisotopic (exact) mass is 223 g/mol. The van der Waals surface area contributed by atoms with E-state index in [-0.39, 0.29) is 5.92 Å². The number of carbonyl (C=O) groups excluding carboxylic acids is 1. The van der Waals surface area contributed by atoms with Crippen LogP contribution in [-0.2, 0) is 4.79 Å². The minimum Gasteiger partial charge on any atom is -0.480 e. The topological polar surface area (TPSA) is 80.4 Å². The summed E-state index contributed by atoms with van der Waals surface area (Å²) in [5.41, 5.74) is 5.89. The van der Waals surface area contributed by atoms with Crippen molar-refractivity contribution in [1.82, 2.24) is 0 Å². The molecule has 0 aliphatic heterocycles. The number of carbonyl (C=O) groups is 2. The zero-order valence-corrected chi connectivity index (χ0v) is 9.46. The van der Waals surface area contributed by atoms with E-state index in [4.69, 9.17) is 10.8 Å². The summed E-state index contributed by atoms with van der Waals surface area (Å²) in [6.07, 6.45) is 0.833. The van der Waals surface area contributed by atoms with Gasteiger partial charge in [-0.05, 0) is 5.92 Å². The molecular weight excluding hydrogens is 206 g/mol. The molecule has 0 fully saturated rings. The van der Waals surface area contributed by atoms with Gasteiger partial charge in [-0.1, -0.05) is 44.2 Å². The number of rotatable bonds is 3. The molecule has 1 atom stereocenters. The van der Waals surface area contributed by atoms with Crippen molar-refractivity contribution < 1.29 is 14.7 Å². The number of nitrogens with two attached hydrogens (primary N) is 1. The van der Waals surface area contributed by atoms with E-state index in [0.717, 1.165) is 11.8 Å². The molecule has 4 nitrogen and oxygen atoms in total. The molecule has 0 radical (unpaired) electrons. The Balaban J connectivity index is 0.000000281. The highest BCUT2D eigenvalue weighted by atomic mass is 16.4. The maximum Gasteiger partial charge on any atom is 0.320 e. The van der Waals surface area contributed by atoms with Gasteiger partial charge in [-0.3, -0.25) is 9.59 Å². The number of carboxylic acids is 1. The van der Waals surface area contributed by atoms with Crippen LogP contribution >= 0.6 is 0 Å². The SMILES string of the molecule is CC(C)[C@H](N)C(=O)O.O=Cc1ccccc1. The van der Waals surface area contributed by atoms with Crippen LogP contribution < -0.4 is 5.73 Å². The molecule has 0 aliphatic carbocycles. The van der Waals surface area contributed by atoms with Crippen LogP contribution in [0, 0.1) is 5.92 Å². The molecule has 3 N–H and O–H groups in total. The number of aliphatic carboxylic acids is 1. The third-order valence-electron chi connectivity index (χ3n) is 1.94. The number of hydrogen-bond donors (Lipinski definition) is 2. The normalized spacial score (nSPS) is 11.2. The zero-order chi connectivity index (χ0) is 12.6. The third-order valence-corrected chi connectivity index (χ3v) is 1.94. The molecule has 0 unspecified atom stereocenters. The largest absolute Gasteiger partial charge is 0.480 e. The van der Waals surface area contributed by atoms with Gasteiger partial charge in [0.25, 0.3) is 0 Å². The van der Waals surface area contributed by atoms with Crippen molar-refractivity contribution in [3.05, 3.63) is 35.9 Å². The number of hydrogen-bond acceptors (Lipinski definition) is 3. The van der Waals surface area contributed by atoms with Crippen LogP contribution in [0.1, 0.15) is 24.2 Å². The van der Waals surface area contributed by atoms with E-state index >= 15 is 0 Å². The molecule has 0 saturated carbocycles. The Morgan fingerprint density at radius 2 is 1.81 bits per heavy atom. The van der Waals surface area contributed by atoms with E-state index in [1.807, 2.05) is 18.2 Å². The summed E-state index contributed by atoms with van der Waals surface area (Å²) in [6.45, 7) is 3.55. The van der Waals surface area contributed by atoms with Crippen LogP contribution in [0.3, 0.4) is 0 Å². The van der Waals surface area contributed by atoms with Crippen molar-refractivity contribution in [1.29, 1.82) is 0 Å². The fraction of sp³-hybridized carbons (Fsp3) is 0.333. The second kappa shape index (κ2) is 7.59. The predicted molar refractivity (Wildman–Crippen MR) is 62.3 cm³/mol. The van der Waals surface area contributed by atoms with Crippen molar-refractivity contribution in [3.63, 3.8) is 0 Å². The van der Waals surface area contributed by atoms with Gasteiger partial charge in [0.2, 0.25) is 0 Å². The van der Waals surface area contributed by atoms with Gasteiger partial charge in [-0.15, -0.1) is 0 Å². The summed E-state index contributed by atoms with van der Waals surface area (Å²) in [5, 5.41) is 8.23. The van der Waals surface area contributed by atoms with Crippen molar-refractivity contribution in [2.75, 3.05) is 0 Å². The van der Waals surface area contributed by atoms with Crippen molar-refractivity contribution >= 4 is 12.3 Å². The van der Waals surface area contributed by atoms with Crippen LogP contribution in [0.25, 0.3) is 0 Å². The summed E-state index contributed by atoms with van der Waals surface area (Å²) in [4.78, 5) is 20.0. The first-order valence-corrected chi connectivity index (χ1v) is 4.97. The van der Waals surface area contributed by atoms with E-state index in [1.165, 1.54) is 0 Å². The van der Waals surface area contributed by atoms with Crippen molar-refractivity contribution in [3.8, 4) is 0 Å². The van der Waals surface area contributed by atoms with Gasteiger partial charge in [0.1, 0.15) is 12.3 Å². The van der Waals surface area contributed by atoms with Gasteiger partial charge in [0.05, 0.1) is 0 Å². The summed E-state index contributed by atoms with van der Waals surface area (Å²) >= 11 is 0. The summed E-state index contributed by atoms with van der Waals surface area (Å²) in [5.74, 6) is -0.910. The average Bonchev–Trinajstić information content (AvgIpc) is 2.29. The van der Waals surface area contributed by atoms with Gasteiger partial charge in [0.15, 0.2) is 0 Å². The van der Waals surface area contributed by atoms with Gasteiger partial charge in [-0.2, -0.15) is 0 Å². The quantitative estimate of drug-likeness (QED) is 0.762. The molecular formula is C12H17NO3. The van der Waals surface area contributed by atoms with Crippen molar-refractivity contribution in [2.24, 2.45) is 11.7 Å². The lowest BCUT2D eigenvalue weighted by atomic mass is 10.1. The standard InChI is InChI=1S/C7H6O.C5H11NO2/c8-6-7-4-2-1-3-5-7;1-3(2)4(6)5(7)8/h1-6H;3-4H,6H2,1-2H3,(H,7,8)/t;4-/m.0/s1. The highest BCUT2D eigenvalue weighted by molar-refractivity contribution is 5.74. The Bertz CT molecular complexity index is 322. The van der Waals surface area contributed by atoms with Crippen LogP contribution in [0.4, 0.5) is 0 Å². The van der Waals surface area contributed by atoms with Crippen LogP contribution in [0.15, 0.2) is 30.3 Å². The van der Waals surface area contributed by atoms with E-state index in [9.17, 15) is 9.59 Å². The number of carboxylic acid groups (broad SMARTS) is 1. The number of benzene rings is 1. The highest BCUT2D eigenvalue weighted by Crippen LogP contribution is 1.96. The molecule has 0 aromatic heterocycles. The van der Waals surface area contributed by atoms with Gasteiger partial charge in [-0.25, -0.2) is 0 Å². The molecule has 0 spiro atoms. The second-order valence-corrected chi connectivity index (χ2v) is 3.64. The Labute approximate surface area is 95.1 Å². The smallest absolute Gasteiger partial charge is 0.320 e. The first kappa shape index (κ1) is 14.3. The Morgan fingerprint density at radius 3 is 2.00 bits per heavy atom. The molecule has 0 bridgehead atoms. The maximum atomic E-state index is 10.0. The van der Waals surface area contributed by atoms with E-state index in [0.29, 0.717) is 0 Å². The predicted octanol–water partition coefficient (Wildman–Crippen LogP) is 1.55. The molecule has 1 aromatic carbocycles. The van der Waals surface area contributed by atoms with Gasteiger partial charge >= 0.3 is 5.97 Å². The molecule has 0 aliphatic rings. The molecule has 0 amide bonds. The van der Waals surface area contributed by atoms with Crippen LogP contribution in [0.5, 0.6) is 0 Å². The summed E-state index contributed by atoms with van der Waals surface area (Å²) in [7, 11) is 0. The molecule has 1 aromatic rings. The van der Waals surface area contributed by atoms with Crippen LogP contribution in [-0.4, -0.2) is 23.4 Å². The first-order valence-electron chi connectivity index (χ1n) is 4.97. The number of aldehydes is 1. The Kier molecular flexibility index (Phi) is 6.79. The first-order chi connectivity index (χ1) is 7.49. The minimum absolute atomic E-state index is 0.0208. The maximum absolute atomic E-state index is 10.0. The average molecular weight is 223 g/mol. The fourth-order valence-electron chi connectivity index (χ4n) is 0.817. The second-order valence-electron chi connectivity index (χ2n) is 3.64. The molecule has 0 saturated heterocycles. The molecule has 0 heterocycles. The zero-order valence-electron chi connectivity index (χ0n) is 9.46. The third kappa shape index (κ3) is 5.93. The Morgan fingerprint density at radius 1 is 1.31 bits per heavy atom. The Hall–Kier alpha value is -1.68. The molecule has 4 heteroatoms.